The summed E-state index contributed by atoms with van der Waals surface area (Å²) in [6, 6.07) is 6.69. The van der Waals surface area contributed by atoms with Crippen LogP contribution < -0.4 is 5.32 Å². The van der Waals surface area contributed by atoms with Gasteiger partial charge < -0.3 is 20.1 Å². The van der Waals surface area contributed by atoms with E-state index >= 15 is 0 Å². The summed E-state index contributed by atoms with van der Waals surface area (Å²) in [6.07, 6.45) is 3.63. The van der Waals surface area contributed by atoms with Gasteiger partial charge in [-0.1, -0.05) is 6.07 Å². The topological polar surface area (TPSA) is 95.4 Å². The number of carbonyl (C=O) groups is 2. The number of pyridine rings is 1. The molecule has 0 atom stereocenters. The van der Waals surface area contributed by atoms with Gasteiger partial charge in [-0.05, 0) is 102 Å². The summed E-state index contributed by atoms with van der Waals surface area (Å²) in [4.78, 5) is 34.7. The lowest BCUT2D eigenvalue weighted by Crippen LogP contribution is -2.38. The van der Waals surface area contributed by atoms with Gasteiger partial charge in [0, 0.05) is 30.1 Å². The quantitative estimate of drug-likeness (QED) is 0.277. The number of hydrogen-bond acceptors (Lipinski definition) is 7. The zero-order valence-electron chi connectivity index (χ0n) is 23.9. The smallest absolute Gasteiger partial charge is 0.386 e. The molecule has 11 heteroatoms. The van der Waals surface area contributed by atoms with Gasteiger partial charge >= 0.3 is 6.18 Å². The first-order valence-electron chi connectivity index (χ1n) is 14.6. The Labute approximate surface area is 247 Å². The Hall–Kier alpha value is -2.89. The van der Waals surface area contributed by atoms with E-state index in [9.17, 15) is 27.9 Å². The van der Waals surface area contributed by atoms with Gasteiger partial charge in [-0.3, -0.25) is 4.79 Å². The van der Waals surface area contributed by atoms with Crippen molar-refractivity contribution in [3.63, 3.8) is 0 Å². The highest BCUT2D eigenvalue weighted by Gasteiger charge is 2.33. The zero-order chi connectivity index (χ0) is 30.1. The highest BCUT2D eigenvalue weighted by molar-refractivity contribution is 7.18. The van der Waals surface area contributed by atoms with Gasteiger partial charge in [-0.15, -0.1) is 11.3 Å². The number of nitrogens with zero attached hydrogens (tertiary/aromatic N) is 3. The van der Waals surface area contributed by atoms with Crippen molar-refractivity contribution in [1.82, 2.24) is 14.9 Å². The van der Waals surface area contributed by atoms with Gasteiger partial charge in [-0.25, -0.2) is 9.97 Å². The van der Waals surface area contributed by atoms with Crippen molar-refractivity contribution >= 4 is 39.4 Å². The molecule has 226 valence electrons. The van der Waals surface area contributed by atoms with Crippen LogP contribution in [0.25, 0.3) is 10.2 Å². The molecule has 5 rings (SSSR count). The molecule has 3 aromatic rings. The van der Waals surface area contributed by atoms with E-state index in [2.05, 4.69) is 15.2 Å². The van der Waals surface area contributed by atoms with Gasteiger partial charge in [0.1, 0.15) is 17.7 Å². The maximum absolute atomic E-state index is 13.1. The molecular formula is C31H37F3N4O3S. The number of aromatic nitrogens is 2. The van der Waals surface area contributed by atoms with Crippen molar-refractivity contribution in [3.8, 4) is 0 Å². The monoisotopic (exact) mass is 602 g/mol. The number of hydrogen-bond donors (Lipinski definition) is 2. The molecule has 1 saturated carbocycles. The van der Waals surface area contributed by atoms with Gasteiger partial charge in [0.25, 0.3) is 5.91 Å². The van der Waals surface area contributed by atoms with Crippen molar-refractivity contribution in [2.75, 3.05) is 25.0 Å². The van der Waals surface area contributed by atoms with Crippen LogP contribution in [-0.2, 0) is 16.6 Å². The van der Waals surface area contributed by atoms with Crippen LogP contribution in [0, 0.1) is 11.8 Å². The molecule has 3 heterocycles. The van der Waals surface area contributed by atoms with E-state index in [4.69, 9.17) is 4.98 Å². The number of aliphatic hydroxyl groups is 1. The molecule has 0 radical (unpaired) electrons. The van der Waals surface area contributed by atoms with Crippen LogP contribution in [-0.4, -0.2) is 51.8 Å². The minimum atomic E-state index is -4.67. The molecule has 2 fully saturated rings. The second-order valence-corrected chi connectivity index (χ2v) is 13.3. The Balaban J connectivity index is 1.28. The van der Waals surface area contributed by atoms with E-state index in [-0.39, 0.29) is 5.69 Å². The van der Waals surface area contributed by atoms with Crippen LogP contribution in [0.4, 0.5) is 18.9 Å². The number of aldehydes is 1. The Morgan fingerprint density at radius 1 is 1.07 bits per heavy atom. The third-order valence-electron chi connectivity index (χ3n) is 8.57. The van der Waals surface area contributed by atoms with E-state index in [1.165, 1.54) is 6.07 Å². The lowest BCUT2D eigenvalue weighted by Gasteiger charge is -2.36. The minimum Gasteiger partial charge on any atom is -0.386 e. The number of fused-ring (bicyclic) bond motifs is 1. The average Bonchev–Trinajstić information content (AvgIpc) is 3.36. The van der Waals surface area contributed by atoms with E-state index in [1.807, 2.05) is 0 Å². The third kappa shape index (κ3) is 7.18. The molecule has 42 heavy (non-hydrogen) atoms. The number of benzene rings is 1. The normalized spacial score (nSPS) is 21.0. The number of halogens is 3. The molecule has 2 N–H and O–H groups in total. The zero-order valence-corrected chi connectivity index (χ0v) is 24.7. The Bertz CT molecular complexity index is 1420. The van der Waals surface area contributed by atoms with Crippen LogP contribution in [0.15, 0.2) is 30.3 Å². The fourth-order valence-electron chi connectivity index (χ4n) is 6.18. The number of carbonyl (C=O) groups excluding carboxylic acids is 2. The molecule has 0 unspecified atom stereocenters. The number of thiazole rings is 1. The molecule has 7 nitrogen and oxygen atoms in total. The molecule has 1 aliphatic heterocycles. The highest BCUT2D eigenvalue weighted by atomic mass is 32.1. The fraction of sp³-hybridized carbons (Fsp3) is 0.548. The molecular weight excluding hydrogens is 565 g/mol. The Kier molecular flexibility index (Phi) is 9.01. The van der Waals surface area contributed by atoms with Gasteiger partial charge in [0.05, 0.1) is 20.8 Å². The van der Waals surface area contributed by atoms with Crippen LogP contribution in [0.2, 0.25) is 0 Å². The van der Waals surface area contributed by atoms with Gasteiger partial charge in [0.15, 0.2) is 0 Å². The summed E-state index contributed by atoms with van der Waals surface area (Å²) in [5.74, 6) is 0.750. The first kappa shape index (κ1) is 30.6. The second-order valence-electron chi connectivity index (χ2n) is 12.2. The lowest BCUT2D eigenvalue weighted by molar-refractivity contribution is -0.141. The van der Waals surface area contributed by atoms with Crippen molar-refractivity contribution < 1.29 is 27.9 Å². The SMILES string of the molecule is CC(C)(O)c1cc2nc(C3CCC(CN4CCC(CC=O)CC4)CC3)sc2cc1NC(=O)c1cccc(C(F)(F)F)n1. The lowest BCUT2D eigenvalue weighted by atomic mass is 9.81. The first-order valence-corrected chi connectivity index (χ1v) is 15.4. The minimum absolute atomic E-state index is 0.315. The number of nitrogens with one attached hydrogen (secondary N) is 1. The summed E-state index contributed by atoms with van der Waals surface area (Å²) in [5.41, 5.74) is -1.37. The molecule has 1 saturated heterocycles. The number of rotatable bonds is 8. The van der Waals surface area contributed by atoms with E-state index in [0.29, 0.717) is 35.4 Å². The number of amides is 1. The highest BCUT2D eigenvalue weighted by Crippen LogP contribution is 2.41. The summed E-state index contributed by atoms with van der Waals surface area (Å²) < 4.78 is 40.2. The molecule has 0 spiro atoms. The molecule has 1 aromatic carbocycles. The Morgan fingerprint density at radius 3 is 2.43 bits per heavy atom. The summed E-state index contributed by atoms with van der Waals surface area (Å²) in [6.45, 7) is 6.43. The molecule has 0 bridgehead atoms. The fourth-order valence-corrected chi connectivity index (χ4v) is 7.34. The summed E-state index contributed by atoms with van der Waals surface area (Å²) in [5, 5.41) is 14.6. The summed E-state index contributed by atoms with van der Waals surface area (Å²) >= 11 is 1.56. The van der Waals surface area contributed by atoms with Crippen LogP contribution in [0.3, 0.4) is 0 Å². The van der Waals surface area contributed by atoms with Crippen molar-refractivity contribution in [2.45, 2.75) is 76.5 Å². The molecule has 2 aromatic heterocycles. The standard InChI is InChI=1S/C31H37F3N4O3S/c1-30(2,41)22-16-25-26(17-24(22)36-28(40)23-4-3-5-27(35-23)31(32,33)34)42-29(37-25)21-8-6-20(7-9-21)18-38-13-10-19(11-14-38)12-15-39/h3-5,15-17,19-21,41H,6-14,18H2,1-2H3,(H,36,40). The van der Waals surface area contributed by atoms with Crippen LogP contribution in [0.5, 0.6) is 0 Å². The largest absolute Gasteiger partial charge is 0.433 e. The number of piperidine rings is 1. The number of anilines is 1. The van der Waals surface area contributed by atoms with Gasteiger partial charge in [-0.2, -0.15) is 13.2 Å². The van der Waals surface area contributed by atoms with Crippen molar-refractivity contribution in [2.24, 2.45) is 11.8 Å². The van der Waals surface area contributed by atoms with Crippen molar-refractivity contribution in [1.29, 1.82) is 0 Å². The maximum atomic E-state index is 13.1. The molecule has 1 amide bonds. The molecule has 1 aliphatic carbocycles. The predicted octanol–water partition coefficient (Wildman–Crippen LogP) is 6.76. The average molecular weight is 603 g/mol. The van der Waals surface area contributed by atoms with Gasteiger partial charge in [0.2, 0.25) is 0 Å². The number of alkyl halides is 3. The molecule has 2 aliphatic rings. The third-order valence-corrected chi connectivity index (χ3v) is 9.75. The van der Waals surface area contributed by atoms with E-state index in [0.717, 1.165) is 91.8 Å². The van der Waals surface area contributed by atoms with Crippen molar-refractivity contribution in [3.05, 3.63) is 52.3 Å². The maximum Gasteiger partial charge on any atom is 0.433 e. The van der Waals surface area contributed by atoms with E-state index in [1.54, 1.807) is 37.3 Å². The Morgan fingerprint density at radius 2 is 1.79 bits per heavy atom. The van der Waals surface area contributed by atoms with Crippen LogP contribution in [0.1, 0.15) is 91.5 Å². The number of likely N-dealkylation sites (tertiary alicyclic amines) is 1. The summed E-state index contributed by atoms with van der Waals surface area (Å²) in [7, 11) is 0. The predicted molar refractivity (Wildman–Crippen MR) is 157 cm³/mol. The van der Waals surface area contributed by atoms with Crippen LogP contribution >= 0.6 is 11.3 Å². The first-order chi connectivity index (χ1) is 19.9. The second kappa shape index (κ2) is 12.4. The van der Waals surface area contributed by atoms with E-state index < -0.39 is 23.4 Å².